The molecular weight excluding hydrogens is 330 g/mol. The van der Waals surface area contributed by atoms with Crippen LogP contribution in [0.2, 0.25) is 0 Å². The smallest absolute Gasteiger partial charge is 0.319 e. The first-order valence-corrected chi connectivity index (χ1v) is 8.82. The zero-order valence-electron chi connectivity index (χ0n) is 14.2. The van der Waals surface area contributed by atoms with E-state index in [1.807, 2.05) is 24.3 Å². The molecule has 0 radical (unpaired) electrons. The van der Waals surface area contributed by atoms with Gasteiger partial charge in [-0.15, -0.1) is 0 Å². The van der Waals surface area contributed by atoms with E-state index in [0.717, 1.165) is 11.1 Å². The van der Waals surface area contributed by atoms with E-state index in [4.69, 9.17) is 0 Å². The lowest BCUT2D eigenvalue weighted by Gasteiger charge is -2.51. The summed E-state index contributed by atoms with van der Waals surface area (Å²) < 4.78 is 0. The molecule has 26 heavy (non-hydrogen) atoms. The molecule has 2 atom stereocenters. The van der Waals surface area contributed by atoms with Crippen molar-refractivity contribution in [3.8, 4) is 0 Å². The monoisotopic (exact) mass is 347 g/mol. The summed E-state index contributed by atoms with van der Waals surface area (Å²) in [5.74, 6) is -3.49. The van der Waals surface area contributed by atoms with Gasteiger partial charge < -0.3 is 5.11 Å². The van der Waals surface area contributed by atoms with Gasteiger partial charge in [0.25, 0.3) is 0 Å². The molecule has 130 valence electrons. The predicted octanol–water partition coefficient (Wildman–Crippen LogP) is 2.14. The lowest BCUT2D eigenvalue weighted by atomic mass is 9.47. The highest BCUT2D eigenvalue weighted by molar-refractivity contribution is 6.12. The standard InChI is InChI=1S/C21H17NO4/c1-2-22-18(23)16-15-11-7-3-5-9-13(11)21(20(25)26,17(16)19(22)24)14-10-6-4-8-12(14)15/h3-10,15-17H,2H2,1H3,(H,25,26). The van der Waals surface area contributed by atoms with Gasteiger partial charge in [-0.2, -0.15) is 0 Å². The summed E-state index contributed by atoms with van der Waals surface area (Å²) in [4.78, 5) is 40.2. The SMILES string of the molecule is CCN1C(=O)C2C3c4ccccc4C(C(=O)O)(c4ccccc43)C2C1=O. The van der Waals surface area contributed by atoms with Crippen molar-refractivity contribution in [1.82, 2.24) is 4.90 Å². The molecule has 6 rings (SSSR count). The topological polar surface area (TPSA) is 74.7 Å². The van der Waals surface area contributed by atoms with Gasteiger partial charge in [0.05, 0.1) is 11.8 Å². The first-order chi connectivity index (χ1) is 12.5. The molecule has 2 bridgehead atoms. The lowest BCUT2D eigenvalue weighted by Crippen LogP contribution is -2.57. The Morgan fingerprint density at radius 2 is 1.54 bits per heavy atom. The summed E-state index contributed by atoms with van der Waals surface area (Å²) in [5, 5.41) is 10.4. The molecule has 1 heterocycles. The fraction of sp³-hybridized carbons (Fsp3) is 0.286. The Balaban J connectivity index is 1.95. The maximum atomic E-state index is 13.1. The summed E-state index contributed by atoms with van der Waals surface area (Å²) >= 11 is 0. The summed E-state index contributed by atoms with van der Waals surface area (Å²) in [7, 11) is 0. The normalized spacial score (nSPS) is 30.8. The van der Waals surface area contributed by atoms with Crippen molar-refractivity contribution in [3.05, 3.63) is 70.8 Å². The molecule has 1 aliphatic heterocycles. The third-order valence-corrected chi connectivity index (χ3v) is 6.36. The maximum absolute atomic E-state index is 13.1. The van der Waals surface area contributed by atoms with Gasteiger partial charge >= 0.3 is 5.97 Å². The molecule has 0 aromatic heterocycles. The van der Waals surface area contributed by atoms with E-state index >= 15 is 0 Å². The molecule has 3 aliphatic carbocycles. The number of nitrogens with zero attached hydrogens (tertiary/aromatic N) is 1. The molecule has 2 aromatic rings. The Kier molecular flexibility index (Phi) is 2.84. The van der Waals surface area contributed by atoms with E-state index in [-0.39, 0.29) is 24.3 Å². The molecule has 2 amide bonds. The van der Waals surface area contributed by atoms with Crippen molar-refractivity contribution in [1.29, 1.82) is 0 Å². The Morgan fingerprint density at radius 1 is 1.00 bits per heavy atom. The van der Waals surface area contributed by atoms with Crippen molar-refractivity contribution >= 4 is 17.8 Å². The fourth-order valence-corrected chi connectivity index (χ4v) is 5.51. The van der Waals surface area contributed by atoms with E-state index < -0.39 is 23.2 Å². The number of imide groups is 1. The Hall–Kier alpha value is -2.95. The zero-order chi connectivity index (χ0) is 18.2. The van der Waals surface area contributed by atoms with Gasteiger partial charge in [-0.05, 0) is 29.2 Å². The average Bonchev–Trinajstić information content (AvgIpc) is 2.92. The minimum Gasteiger partial charge on any atom is -0.480 e. The van der Waals surface area contributed by atoms with E-state index in [0.29, 0.717) is 11.1 Å². The van der Waals surface area contributed by atoms with Crippen LogP contribution >= 0.6 is 0 Å². The summed E-state index contributed by atoms with van der Waals surface area (Å²) in [6.45, 7) is 2.02. The van der Waals surface area contributed by atoms with Crippen LogP contribution in [-0.2, 0) is 19.8 Å². The predicted molar refractivity (Wildman–Crippen MR) is 92.5 cm³/mol. The molecule has 4 aliphatic rings. The van der Waals surface area contributed by atoms with E-state index in [1.165, 1.54) is 4.90 Å². The summed E-state index contributed by atoms with van der Waals surface area (Å²) in [5.41, 5.74) is 1.50. The first-order valence-electron chi connectivity index (χ1n) is 8.82. The van der Waals surface area contributed by atoms with Crippen LogP contribution in [0, 0.1) is 11.8 Å². The molecule has 5 heteroatoms. The average molecular weight is 347 g/mol. The highest BCUT2D eigenvalue weighted by Gasteiger charge is 2.70. The molecule has 1 fully saturated rings. The third kappa shape index (κ3) is 1.43. The molecule has 0 spiro atoms. The number of carboxylic acid groups (broad SMARTS) is 1. The number of hydrogen-bond donors (Lipinski definition) is 1. The van der Waals surface area contributed by atoms with Crippen LogP contribution in [0.3, 0.4) is 0 Å². The van der Waals surface area contributed by atoms with Gasteiger partial charge in [0.15, 0.2) is 0 Å². The van der Waals surface area contributed by atoms with E-state index in [1.54, 1.807) is 31.2 Å². The third-order valence-electron chi connectivity index (χ3n) is 6.36. The van der Waals surface area contributed by atoms with Gasteiger partial charge in [-0.25, -0.2) is 0 Å². The minimum atomic E-state index is -1.51. The second-order valence-corrected chi connectivity index (χ2v) is 7.19. The number of aliphatic carboxylic acids is 1. The number of carbonyl (C=O) groups is 3. The molecule has 2 unspecified atom stereocenters. The molecule has 2 aromatic carbocycles. The minimum absolute atomic E-state index is 0.248. The van der Waals surface area contributed by atoms with Gasteiger partial charge in [0.1, 0.15) is 5.41 Å². The molecular formula is C21H17NO4. The van der Waals surface area contributed by atoms with Gasteiger partial charge in [-0.3, -0.25) is 19.3 Å². The first kappa shape index (κ1) is 15.3. The fourth-order valence-electron chi connectivity index (χ4n) is 5.51. The molecule has 5 nitrogen and oxygen atoms in total. The second-order valence-electron chi connectivity index (χ2n) is 7.19. The van der Waals surface area contributed by atoms with Crippen LogP contribution in [0.1, 0.15) is 35.1 Å². The highest BCUT2D eigenvalue weighted by atomic mass is 16.4. The number of carboxylic acids is 1. The van der Waals surface area contributed by atoms with Crippen LogP contribution in [0.4, 0.5) is 0 Å². The molecule has 1 N–H and O–H groups in total. The Morgan fingerprint density at radius 3 is 2.04 bits per heavy atom. The molecule has 1 saturated heterocycles. The van der Waals surface area contributed by atoms with Crippen LogP contribution < -0.4 is 0 Å². The number of likely N-dealkylation sites (tertiary alicyclic amines) is 1. The molecule has 0 saturated carbocycles. The Bertz CT molecular complexity index is 948. The largest absolute Gasteiger partial charge is 0.480 e. The van der Waals surface area contributed by atoms with Crippen molar-refractivity contribution in [2.45, 2.75) is 18.3 Å². The number of hydrogen-bond acceptors (Lipinski definition) is 3. The van der Waals surface area contributed by atoms with E-state index in [2.05, 4.69) is 0 Å². The van der Waals surface area contributed by atoms with Crippen molar-refractivity contribution in [2.24, 2.45) is 11.8 Å². The van der Waals surface area contributed by atoms with Crippen LogP contribution in [0.25, 0.3) is 0 Å². The van der Waals surface area contributed by atoms with Gasteiger partial charge in [-0.1, -0.05) is 48.5 Å². The number of rotatable bonds is 2. The zero-order valence-corrected chi connectivity index (χ0v) is 14.2. The quantitative estimate of drug-likeness (QED) is 0.845. The second kappa shape index (κ2) is 4.81. The number of benzene rings is 2. The summed E-state index contributed by atoms with van der Waals surface area (Å²) in [6, 6.07) is 14.7. The van der Waals surface area contributed by atoms with E-state index in [9.17, 15) is 19.5 Å². The van der Waals surface area contributed by atoms with Gasteiger partial charge in [0.2, 0.25) is 11.8 Å². The number of carbonyl (C=O) groups excluding carboxylic acids is 2. The lowest BCUT2D eigenvalue weighted by molar-refractivity contribution is -0.150. The number of amides is 2. The van der Waals surface area contributed by atoms with Gasteiger partial charge in [0, 0.05) is 12.5 Å². The van der Waals surface area contributed by atoms with Crippen molar-refractivity contribution in [3.63, 3.8) is 0 Å². The maximum Gasteiger partial charge on any atom is 0.319 e. The van der Waals surface area contributed by atoms with Crippen LogP contribution in [0.5, 0.6) is 0 Å². The van der Waals surface area contributed by atoms with Crippen LogP contribution in [0.15, 0.2) is 48.5 Å². The Labute approximate surface area is 150 Å². The van der Waals surface area contributed by atoms with Crippen molar-refractivity contribution in [2.75, 3.05) is 6.54 Å². The van der Waals surface area contributed by atoms with Crippen molar-refractivity contribution < 1.29 is 19.5 Å². The highest BCUT2D eigenvalue weighted by Crippen LogP contribution is 2.64. The summed E-state index contributed by atoms with van der Waals surface area (Å²) in [6.07, 6.45) is 0. The van der Waals surface area contributed by atoms with Crippen LogP contribution in [-0.4, -0.2) is 34.3 Å².